The van der Waals surface area contributed by atoms with Gasteiger partial charge in [0, 0.05) is 43.2 Å². The van der Waals surface area contributed by atoms with E-state index in [1.807, 2.05) is 20.8 Å². The van der Waals surface area contributed by atoms with Gasteiger partial charge in [0.25, 0.3) is 5.91 Å². The Morgan fingerprint density at radius 2 is 1.90 bits per heavy atom. The second kappa shape index (κ2) is 11.4. The lowest BCUT2D eigenvalue weighted by Gasteiger charge is -2.19. The SMILES string of the molecule is CC(=O)Nc1ncc(C2=CN(c3cc(NC(=O)c4cc(CNC(C)C)cc(C(F)(F)F)c4)ccc3C)NN2)s1. The lowest BCUT2D eigenvalue weighted by molar-refractivity contribution is -0.137. The van der Waals surface area contributed by atoms with Gasteiger partial charge in [0.1, 0.15) is 0 Å². The number of alkyl halides is 3. The number of thiazole rings is 1. The molecule has 9 nitrogen and oxygen atoms in total. The number of carbonyl (C=O) groups is 2. The van der Waals surface area contributed by atoms with Crippen LogP contribution in [0.4, 0.5) is 29.7 Å². The van der Waals surface area contributed by atoms with Crippen molar-refractivity contribution in [3.8, 4) is 0 Å². The van der Waals surface area contributed by atoms with Gasteiger partial charge in [-0.05, 0) is 48.4 Å². The Bertz CT molecular complexity index is 1420. The van der Waals surface area contributed by atoms with E-state index in [0.717, 1.165) is 22.6 Å². The van der Waals surface area contributed by atoms with Crippen LogP contribution in [0.2, 0.25) is 0 Å². The quantitative estimate of drug-likeness (QED) is 0.264. The standard InChI is InChI=1S/C26H28F3N7O2S/c1-14(2)30-11-17-7-18(9-19(8-17)26(27,28)29)24(38)33-20-6-5-15(3)22(10-20)36-13-21(34-35-36)23-12-31-25(39-23)32-16(4)37/h5-10,12-14,30,34-35H,11H2,1-4H3,(H,33,38)(H,31,32,37). The third-order valence-electron chi connectivity index (χ3n) is 5.65. The van der Waals surface area contributed by atoms with Crippen molar-refractivity contribution < 1.29 is 22.8 Å². The van der Waals surface area contributed by atoms with Crippen LogP contribution >= 0.6 is 11.3 Å². The molecule has 2 aromatic carbocycles. The molecule has 13 heteroatoms. The van der Waals surface area contributed by atoms with Crippen LogP contribution in [0.25, 0.3) is 5.70 Å². The summed E-state index contributed by atoms with van der Waals surface area (Å²) in [5, 5.41) is 10.6. The van der Waals surface area contributed by atoms with Crippen molar-refractivity contribution in [3.63, 3.8) is 0 Å². The maximum Gasteiger partial charge on any atom is 0.416 e. The fourth-order valence-corrected chi connectivity index (χ4v) is 4.56. The van der Waals surface area contributed by atoms with Gasteiger partial charge in [-0.25, -0.2) is 4.98 Å². The van der Waals surface area contributed by atoms with Crippen molar-refractivity contribution in [1.29, 1.82) is 0 Å². The van der Waals surface area contributed by atoms with E-state index in [0.29, 0.717) is 27.8 Å². The van der Waals surface area contributed by atoms with Gasteiger partial charge in [0.15, 0.2) is 5.13 Å². The predicted octanol–water partition coefficient (Wildman–Crippen LogP) is 5.01. The minimum absolute atomic E-state index is 0.0707. The van der Waals surface area contributed by atoms with Crippen molar-refractivity contribution in [2.75, 3.05) is 15.6 Å². The Morgan fingerprint density at radius 3 is 2.59 bits per heavy atom. The van der Waals surface area contributed by atoms with Crippen LogP contribution < -0.4 is 31.9 Å². The first-order chi connectivity index (χ1) is 18.4. The highest BCUT2D eigenvalue weighted by molar-refractivity contribution is 7.16. The lowest BCUT2D eigenvalue weighted by atomic mass is 10.0. The highest BCUT2D eigenvalue weighted by atomic mass is 32.1. The summed E-state index contributed by atoms with van der Waals surface area (Å²) in [5.41, 5.74) is 8.16. The van der Waals surface area contributed by atoms with E-state index >= 15 is 0 Å². The summed E-state index contributed by atoms with van der Waals surface area (Å²) >= 11 is 1.30. The van der Waals surface area contributed by atoms with Crippen molar-refractivity contribution in [1.82, 2.24) is 21.3 Å². The molecule has 0 fully saturated rings. The van der Waals surface area contributed by atoms with Crippen molar-refractivity contribution in [3.05, 3.63) is 75.9 Å². The number of halogens is 3. The third kappa shape index (κ3) is 7.13. The molecule has 0 saturated carbocycles. The zero-order valence-corrected chi connectivity index (χ0v) is 22.5. The molecule has 39 heavy (non-hydrogen) atoms. The van der Waals surface area contributed by atoms with Crippen molar-refractivity contribution in [2.24, 2.45) is 0 Å². The lowest BCUT2D eigenvalue weighted by Crippen LogP contribution is -2.36. The smallest absolute Gasteiger partial charge is 0.322 e. The van der Waals surface area contributed by atoms with Gasteiger partial charge in [-0.3, -0.25) is 14.6 Å². The molecule has 0 bridgehead atoms. The first-order valence-corrected chi connectivity index (χ1v) is 12.8. The Hall–Kier alpha value is -3.94. The second-order valence-electron chi connectivity index (χ2n) is 9.27. The summed E-state index contributed by atoms with van der Waals surface area (Å²) in [6.07, 6.45) is -1.16. The van der Waals surface area contributed by atoms with Crippen molar-refractivity contribution in [2.45, 2.75) is 46.5 Å². The normalized spacial score (nSPS) is 13.3. The van der Waals surface area contributed by atoms with Crippen molar-refractivity contribution >= 4 is 45.4 Å². The van der Waals surface area contributed by atoms with Crippen LogP contribution in [0.5, 0.6) is 0 Å². The third-order valence-corrected chi connectivity index (χ3v) is 6.59. The van der Waals surface area contributed by atoms with E-state index in [9.17, 15) is 22.8 Å². The van der Waals surface area contributed by atoms with Gasteiger partial charge in [-0.1, -0.05) is 31.3 Å². The molecule has 2 amide bonds. The van der Waals surface area contributed by atoms with Gasteiger partial charge in [-0.15, -0.1) is 5.53 Å². The van der Waals surface area contributed by atoms with E-state index in [-0.39, 0.29) is 24.1 Å². The summed E-state index contributed by atoms with van der Waals surface area (Å²) in [5.74, 6) is -0.868. The number of aryl methyl sites for hydroxylation is 1. The van der Waals surface area contributed by atoms with Crippen LogP contribution in [0, 0.1) is 6.92 Å². The molecule has 206 valence electrons. The second-order valence-corrected chi connectivity index (χ2v) is 10.3. The number of hydrogen-bond acceptors (Lipinski definition) is 8. The average molecular weight is 560 g/mol. The van der Waals surface area contributed by atoms with Crippen LogP contribution in [0.1, 0.15) is 52.7 Å². The molecule has 2 heterocycles. The summed E-state index contributed by atoms with van der Waals surface area (Å²) in [6.45, 7) is 7.27. The first kappa shape index (κ1) is 28.1. The number of benzene rings is 2. The van der Waals surface area contributed by atoms with Crippen LogP contribution in [0.3, 0.4) is 0 Å². The number of hydrazine groups is 2. The number of hydrogen-bond donors (Lipinski definition) is 5. The molecule has 5 N–H and O–H groups in total. The van der Waals surface area contributed by atoms with Gasteiger partial charge in [0.05, 0.1) is 21.8 Å². The monoisotopic (exact) mass is 559 g/mol. The maximum atomic E-state index is 13.5. The van der Waals surface area contributed by atoms with Crippen LogP contribution in [-0.2, 0) is 17.5 Å². The zero-order valence-electron chi connectivity index (χ0n) is 21.7. The molecule has 1 aliphatic heterocycles. The topological polar surface area (TPSA) is 110 Å². The fraction of sp³-hybridized carbons (Fsp3) is 0.269. The van der Waals surface area contributed by atoms with Crippen LogP contribution in [-0.4, -0.2) is 22.8 Å². The van der Waals surface area contributed by atoms with E-state index in [4.69, 9.17) is 0 Å². The highest BCUT2D eigenvalue weighted by Gasteiger charge is 2.32. The maximum absolute atomic E-state index is 13.5. The minimum atomic E-state index is -4.58. The number of carbonyl (C=O) groups excluding carboxylic acids is 2. The number of rotatable bonds is 8. The summed E-state index contributed by atoms with van der Waals surface area (Å²) in [7, 11) is 0. The molecule has 0 spiro atoms. The predicted molar refractivity (Wildman–Crippen MR) is 146 cm³/mol. The Kier molecular flexibility index (Phi) is 8.23. The molecular formula is C26H28F3N7O2S. The summed E-state index contributed by atoms with van der Waals surface area (Å²) in [6, 6.07) is 8.63. The number of anilines is 3. The molecular weight excluding hydrogens is 531 g/mol. The highest BCUT2D eigenvalue weighted by Crippen LogP contribution is 2.32. The number of aromatic nitrogens is 1. The molecule has 1 aliphatic rings. The molecule has 1 aromatic heterocycles. The first-order valence-electron chi connectivity index (χ1n) is 12.0. The van der Waals surface area contributed by atoms with Gasteiger partial charge < -0.3 is 21.4 Å². The molecule has 3 aromatic rings. The van der Waals surface area contributed by atoms with E-state index in [1.165, 1.54) is 24.3 Å². The van der Waals surface area contributed by atoms with Gasteiger partial charge in [0.2, 0.25) is 5.91 Å². The fourth-order valence-electron chi connectivity index (χ4n) is 3.74. The zero-order chi connectivity index (χ0) is 28.3. The largest absolute Gasteiger partial charge is 0.416 e. The van der Waals surface area contributed by atoms with Gasteiger partial charge in [-0.2, -0.15) is 13.2 Å². The molecule has 0 unspecified atom stereocenters. The van der Waals surface area contributed by atoms with E-state index in [2.05, 4.69) is 31.9 Å². The van der Waals surface area contributed by atoms with E-state index in [1.54, 1.807) is 35.6 Å². The Balaban J connectivity index is 1.54. The Labute approximate surface area is 227 Å². The summed E-state index contributed by atoms with van der Waals surface area (Å²) < 4.78 is 40.6. The molecule has 4 rings (SSSR count). The average Bonchev–Trinajstić information content (AvgIpc) is 3.52. The minimum Gasteiger partial charge on any atom is -0.322 e. The van der Waals surface area contributed by atoms with Gasteiger partial charge >= 0.3 is 6.18 Å². The molecule has 0 saturated heterocycles. The molecule has 0 aliphatic carbocycles. The number of amides is 2. The van der Waals surface area contributed by atoms with Crippen LogP contribution in [0.15, 0.2) is 48.8 Å². The molecule has 0 radical (unpaired) electrons. The number of nitrogens with zero attached hydrogens (tertiary/aromatic N) is 2. The van der Waals surface area contributed by atoms with E-state index < -0.39 is 17.6 Å². The Morgan fingerprint density at radius 1 is 1.13 bits per heavy atom. The number of nitrogens with one attached hydrogen (secondary N) is 5. The molecule has 0 atom stereocenters. The summed E-state index contributed by atoms with van der Waals surface area (Å²) in [4.78, 5) is 29.3.